The second kappa shape index (κ2) is 9.98. The molecule has 1 amide bonds. The Hall–Kier alpha value is -3.31. The third kappa shape index (κ3) is 5.57. The van der Waals surface area contributed by atoms with Crippen LogP contribution in [0.15, 0.2) is 42.5 Å². The van der Waals surface area contributed by atoms with Crippen molar-refractivity contribution in [2.45, 2.75) is 32.1 Å². The van der Waals surface area contributed by atoms with Gasteiger partial charge < -0.3 is 14.8 Å². The van der Waals surface area contributed by atoms with Crippen LogP contribution in [0.1, 0.15) is 38.3 Å². The van der Waals surface area contributed by atoms with E-state index in [-0.39, 0.29) is 28.5 Å². The molecule has 3 aromatic rings. The lowest BCUT2D eigenvalue weighted by molar-refractivity contribution is -0.137. The van der Waals surface area contributed by atoms with Crippen molar-refractivity contribution in [3.8, 4) is 11.6 Å². The molecule has 4 rings (SSSR count). The molecule has 1 aliphatic heterocycles. The van der Waals surface area contributed by atoms with Crippen LogP contribution in [-0.2, 0) is 29.9 Å². The number of aryl methyl sites for hydroxylation is 1. The van der Waals surface area contributed by atoms with Crippen LogP contribution in [0.2, 0.25) is 5.02 Å². The van der Waals surface area contributed by atoms with E-state index >= 15 is 0 Å². The van der Waals surface area contributed by atoms with Gasteiger partial charge in [0.1, 0.15) is 11.3 Å². The first-order valence-electron chi connectivity index (χ1n) is 10.7. The number of carbonyl (C=O) groups excluding carboxylic acids is 1. The standard InChI is InChI=1S/C24H19ClF5N3O3/c1-13-5-6-17(18(25)9-13)23(26,27)12-31-21(34)20-16-11-35-8-7-19(16)32-33-22(20)36-15-4-2-3-14(10-15)24(28,29)30/h2-6,9-10H,7-8,11-12H2,1H3,(H,31,34). The molecule has 0 spiro atoms. The van der Waals surface area contributed by atoms with Gasteiger partial charge in [-0.05, 0) is 36.8 Å². The Morgan fingerprint density at radius 3 is 2.64 bits per heavy atom. The highest BCUT2D eigenvalue weighted by molar-refractivity contribution is 6.31. The first-order chi connectivity index (χ1) is 17.0. The second-order valence-electron chi connectivity index (χ2n) is 8.11. The Morgan fingerprint density at radius 2 is 1.92 bits per heavy atom. The summed E-state index contributed by atoms with van der Waals surface area (Å²) < 4.78 is 79.9. The number of aromatic nitrogens is 2. The smallest absolute Gasteiger partial charge is 0.416 e. The van der Waals surface area contributed by atoms with Crippen molar-refractivity contribution in [2.24, 2.45) is 0 Å². The third-order valence-electron chi connectivity index (χ3n) is 5.45. The van der Waals surface area contributed by atoms with E-state index in [4.69, 9.17) is 21.1 Å². The van der Waals surface area contributed by atoms with Gasteiger partial charge in [-0.25, -0.2) is 0 Å². The largest absolute Gasteiger partial charge is 0.437 e. The molecule has 36 heavy (non-hydrogen) atoms. The number of benzene rings is 2. The van der Waals surface area contributed by atoms with Crippen molar-refractivity contribution in [1.82, 2.24) is 15.5 Å². The molecule has 1 aromatic heterocycles. The molecular weight excluding hydrogens is 509 g/mol. The molecule has 1 aliphatic rings. The number of fused-ring (bicyclic) bond motifs is 1. The minimum Gasteiger partial charge on any atom is -0.437 e. The molecule has 12 heteroatoms. The Labute approximate surface area is 207 Å². The fourth-order valence-electron chi connectivity index (χ4n) is 3.63. The molecule has 2 aromatic carbocycles. The van der Waals surface area contributed by atoms with Gasteiger partial charge >= 0.3 is 6.18 Å². The second-order valence-corrected chi connectivity index (χ2v) is 8.51. The predicted molar refractivity (Wildman–Crippen MR) is 119 cm³/mol. The van der Waals surface area contributed by atoms with Gasteiger partial charge in [0.2, 0.25) is 0 Å². The highest BCUT2D eigenvalue weighted by Crippen LogP contribution is 2.36. The molecule has 0 saturated carbocycles. The van der Waals surface area contributed by atoms with E-state index in [0.29, 0.717) is 24.3 Å². The summed E-state index contributed by atoms with van der Waals surface area (Å²) in [5.41, 5.74) is -0.343. The quantitative estimate of drug-likeness (QED) is 0.408. The highest BCUT2D eigenvalue weighted by atomic mass is 35.5. The molecule has 0 bridgehead atoms. The van der Waals surface area contributed by atoms with Gasteiger partial charge in [0.05, 0.1) is 36.0 Å². The van der Waals surface area contributed by atoms with Gasteiger partial charge in [-0.2, -0.15) is 27.1 Å². The summed E-state index contributed by atoms with van der Waals surface area (Å²) in [6.07, 6.45) is -4.32. The summed E-state index contributed by atoms with van der Waals surface area (Å²) in [6.45, 7) is 0.825. The molecule has 0 saturated heterocycles. The van der Waals surface area contributed by atoms with Gasteiger partial charge in [0.25, 0.3) is 17.7 Å². The van der Waals surface area contributed by atoms with Gasteiger partial charge in [0.15, 0.2) is 0 Å². The van der Waals surface area contributed by atoms with Crippen LogP contribution < -0.4 is 10.1 Å². The number of amides is 1. The molecule has 6 nitrogen and oxygen atoms in total. The van der Waals surface area contributed by atoms with E-state index in [1.54, 1.807) is 6.92 Å². The number of nitrogens with one attached hydrogen (secondary N) is 1. The van der Waals surface area contributed by atoms with Gasteiger partial charge in [-0.1, -0.05) is 29.8 Å². The van der Waals surface area contributed by atoms with Crippen LogP contribution in [0.3, 0.4) is 0 Å². The van der Waals surface area contributed by atoms with E-state index < -0.39 is 41.6 Å². The summed E-state index contributed by atoms with van der Waals surface area (Å²) in [5, 5.41) is 9.84. The molecule has 190 valence electrons. The SMILES string of the molecule is Cc1ccc(C(F)(F)CNC(=O)c2c(Oc3cccc(C(F)(F)F)c3)nnc3c2COCC3)c(Cl)c1. The average molecular weight is 528 g/mol. The number of rotatable bonds is 6. The third-order valence-corrected chi connectivity index (χ3v) is 5.76. The lowest BCUT2D eigenvalue weighted by atomic mass is 10.0. The Bertz CT molecular complexity index is 1300. The first-order valence-corrected chi connectivity index (χ1v) is 11.1. The monoisotopic (exact) mass is 527 g/mol. The lowest BCUT2D eigenvalue weighted by Crippen LogP contribution is -2.36. The Balaban J connectivity index is 1.64. The molecule has 0 fully saturated rings. The fraction of sp³-hybridized carbons (Fsp3) is 0.292. The number of nitrogens with zero attached hydrogens (tertiary/aromatic N) is 2. The van der Waals surface area contributed by atoms with Gasteiger partial charge in [-0.15, -0.1) is 5.10 Å². The zero-order valence-electron chi connectivity index (χ0n) is 18.8. The Kier molecular flexibility index (Phi) is 7.14. The van der Waals surface area contributed by atoms with Crippen LogP contribution >= 0.6 is 11.6 Å². The maximum absolute atomic E-state index is 14.9. The fourth-order valence-corrected chi connectivity index (χ4v) is 4.01. The number of alkyl halides is 5. The van der Waals surface area contributed by atoms with Crippen molar-refractivity contribution in [3.63, 3.8) is 0 Å². The zero-order chi connectivity index (χ0) is 26.1. The van der Waals surface area contributed by atoms with Crippen LogP contribution in [-0.4, -0.2) is 29.3 Å². The summed E-state index contributed by atoms with van der Waals surface area (Å²) in [6, 6.07) is 7.97. The summed E-state index contributed by atoms with van der Waals surface area (Å²) in [5.74, 6) is -5.19. The van der Waals surface area contributed by atoms with E-state index in [1.165, 1.54) is 24.3 Å². The Morgan fingerprint density at radius 1 is 1.14 bits per heavy atom. The molecular formula is C24H19ClF5N3O3. The number of hydrogen-bond acceptors (Lipinski definition) is 5. The molecule has 1 N–H and O–H groups in total. The average Bonchev–Trinajstić information content (AvgIpc) is 2.82. The number of carbonyl (C=O) groups is 1. The normalized spacial score (nSPS) is 13.8. The van der Waals surface area contributed by atoms with E-state index in [2.05, 4.69) is 15.5 Å². The molecule has 0 radical (unpaired) electrons. The molecule has 2 heterocycles. The summed E-state index contributed by atoms with van der Waals surface area (Å²) in [7, 11) is 0. The maximum Gasteiger partial charge on any atom is 0.416 e. The zero-order valence-corrected chi connectivity index (χ0v) is 19.5. The van der Waals surface area contributed by atoms with Crippen LogP contribution in [0.5, 0.6) is 11.6 Å². The minimum atomic E-state index is -4.63. The first kappa shape index (κ1) is 25.8. The van der Waals surface area contributed by atoms with Crippen LogP contribution in [0, 0.1) is 6.92 Å². The van der Waals surface area contributed by atoms with E-state index in [9.17, 15) is 26.7 Å². The topological polar surface area (TPSA) is 73.3 Å². The highest BCUT2D eigenvalue weighted by Gasteiger charge is 2.36. The van der Waals surface area contributed by atoms with E-state index in [0.717, 1.165) is 18.2 Å². The molecule has 0 unspecified atom stereocenters. The predicted octanol–water partition coefficient (Wildman–Crippen LogP) is 5.84. The van der Waals surface area contributed by atoms with Crippen molar-refractivity contribution in [2.75, 3.05) is 13.2 Å². The van der Waals surface area contributed by atoms with Crippen molar-refractivity contribution in [1.29, 1.82) is 0 Å². The van der Waals surface area contributed by atoms with Crippen LogP contribution in [0.25, 0.3) is 0 Å². The number of hydrogen-bond donors (Lipinski definition) is 1. The maximum atomic E-state index is 14.9. The number of halogens is 6. The summed E-state index contributed by atoms with van der Waals surface area (Å²) >= 11 is 5.97. The number of ether oxygens (including phenoxy) is 2. The van der Waals surface area contributed by atoms with Crippen LogP contribution in [0.4, 0.5) is 22.0 Å². The van der Waals surface area contributed by atoms with Gasteiger partial charge in [0, 0.05) is 17.5 Å². The molecule has 0 aliphatic carbocycles. The minimum absolute atomic E-state index is 0.0766. The lowest BCUT2D eigenvalue weighted by Gasteiger charge is -2.22. The van der Waals surface area contributed by atoms with Crippen molar-refractivity contribution in [3.05, 3.63) is 81.0 Å². The van der Waals surface area contributed by atoms with Crippen molar-refractivity contribution >= 4 is 17.5 Å². The van der Waals surface area contributed by atoms with Gasteiger partial charge in [-0.3, -0.25) is 4.79 Å². The van der Waals surface area contributed by atoms with E-state index in [1.807, 2.05) is 0 Å². The van der Waals surface area contributed by atoms with Crippen molar-refractivity contribution < 1.29 is 36.2 Å². The molecule has 0 atom stereocenters. The summed E-state index contributed by atoms with van der Waals surface area (Å²) in [4.78, 5) is 13.1.